The first-order chi connectivity index (χ1) is 14.4. The fraction of sp³-hybridized carbons (Fsp3) is 0.400. The molecule has 0 spiro atoms. The van der Waals surface area contributed by atoms with E-state index in [1.54, 1.807) is 0 Å². The van der Waals surface area contributed by atoms with Crippen LogP contribution in [-0.2, 0) is 37.0 Å². The smallest absolute Gasteiger partial charge is 0.165 e. The maximum Gasteiger partial charge on any atom is 2.00 e. The number of hydrogen-bond acceptors (Lipinski definition) is 0. The standard InChI is InChI=1S/2C14H17.C2H6Si.Zr/c2*1-10-8-11-6-5-7-13(12(11)9-10)14(2,3)4;1-3-2;/h2*5-9H,1-4H3;1-2H3;/q2*-1;;+2. The van der Waals surface area contributed by atoms with E-state index < -0.39 is 0 Å². The Balaban J connectivity index is 0.000000278. The second-order valence-corrected chi connectivity index (χ2v) is 11.7. The molecule has 0 atom stereocenters. The summed E-state index contributed by atoms with van der Waals surface area (Å²) in [7, 11) is 1.08. The van der Waals surface area contributed by atoms with Crippen LogP contribution in [0.15, 0.2) is 60.7 Å². The van der Waals surface area contributed by atoms with Gasteiger partial charge < -0.3 is 0 Å². The predicted molar refractivity (Wildman–Crippen MR) is 143 cm³/mol. The van der Waals surface area contributed by atoms with Crippen LogP contribution in [0.4, 0.5) is 0 Å². The van der Waals surface area contributed by atoms with Crippen molar-refractivity contribution in [3.8, 4) is 0 Å². The van der Waals surface area contributed by atoms with Gasteiger partial charge in [-0.1, -0.05) is 91.7 Å². The molecule has 0 aliphatic carbocycles. The van der Waals surface area contributed by atoms with E-state index in [1.807, 2.05) is 0 Å². The van der Waals surface area contributed by atoms with Crippen LogP contribution < -0.4 is 0 Å². The van der Waals surface area contributed by atoms with Gasteiger partial charge in [-0.25, -0.2) is 0 Å². The summed E-state index contributed by atoms with van der Waals surface area (Å²) in [6.45, 7) is 22.2. The third kappa shape index (κ3) is 7.39. The van der Waals surface area contributed by atoms with Crippen molar-refractivity contribution >= 4 is 31.1 Å². The molecule has 2 radical (unpaired) electrons. The zero-order valence-corrected chi connectivity index (χ0v) is 25.2. The van der Waals surface area contributed by atoms with Gasteiger partial charge in [-0.2, -0.15) is 12.1 Å². The Hall–Kier alpha value is -1.24. The maximum atomic E-state index is 2.29. The van der Waals surface area contributed by atoms with E-state index in [2.05, 4.69) is 129 Å². The fourth-order valence-corrected chi connectivity index (χ4v) is 4.08. The molecule has 0 fully saturated rings. The van der Waals surface area contributed by atoms with E-state index in [1.165, 1.54) is 43.8 Å². The minimum atomic E-state index is 0. The van der Waals surface area contributed by atoms with Gasteiger partial charge in [0.25, 0.3) is 0 Å². The number of hydrogen-bond donors (Lipinski definition) is 0. The van der Waals surface area contributed by atoms with Crippen LogP contribution in [0.2, 0.25) is 13.1 Å². The molecule has 0 N–H and O–H groups in total. The summed E-state index contributed by atoms with van der Waals surface area (Å²) in [5, 5.41) is 5.57. The largest absolute Gasteiger partial charge is 2.00 e. The first-order valence-corrected chi connectivity index (χ1v) is 13.3. The Morgan fingerprint density at radius 1 is 0.625 bits per heavy atom. The molecule has 0 unspecified atom stereocenters. The van der Waals surface area contributed by atoms with Crippen molar-refractivity contribution in [3.05, 3.63) is 82.9 Å². The number of benzene rings is 2. The minimum absolute atomic E-state index is 0. The second-order valence-electron chi connectivity index (χ2n) is 10.7. The molecule has 32 heavy (non-hydrogen) atoms. The van der Waals surface area contributed by atoms with Crippen molar-refractivity contribution in [1.82, 2.24) is 0 Å². The summed E-state index contributed by atoms with van der Waals surface area (Å²) < 4.78 is 0. The number of rotatable bonds is 0. The molecule has 0 bridgehead atoms. The number of fused-ring (bicyclic) bond motifs is 2. The Labute approximate surface area is 218 Å². The van der Waals surface area contributed by atoms with E-state index in [-0.39, 0.29) is 37.0 Å². The molecule has 0 amide bonds. The minimum Gasteiger partial charge on any atom is -0.165 e. The van der Waals surface area contributed by atoms with Gasteiger partial charge in [-0.15, -0.1) is 69.1 Å². The molecule has 4 aromatic carbocycles. The van der Waals surface area contributed by atoms with Crippen LogP contribution in [0.3, 0.4) is 0 Å². The van der Waals surface area contributed by atoms with E-state index >= 15 is 0 Å². The van der Waals surface area contributed by atoms with Crippen LogP contribution in [0.25, 0.3) is 21.5 Å². The molecular weight excluding hydrogens is 480 g/mol. The molecular formula is C30H40SiZr. The fourth-order valence-electron chi connectivity index (χ4n) is 4.08. The van der Waals surface area contributed by atoms with Gasteiger partial charge in [0.15, 0.2) is 0 Å². The topological polar surface area (TPSA) is 0 Å². The summed E-state index contributed by atoms with van der Waals surface area (Å²) in [6.07, 6.45) is 0. The van der Waals surface area contributed by atoms with Gasteiger partial charge in [-0.05, 0) is 10.8 Å². The predicted octanol–water partition coefficient (Wildman–Crippen LogP) is 9.11. The van der Waals surface area contributed by atoms with E-state index in [0.717, 1.165) is 9.52 Å². The van der Waals surface area contributed by atoms with Crippen LogP contribution in [0, 0.1) is 13.8 Å². The summed E-state index contributed by atoms with van der Waals surface area (Å²) in [4.78, 5) is 0. The summed E-state index contributed by atoms with van der Waals surface area (Å²) >= 11 is 0. The van der Waals surface area contributed by atoms with Crippen molar-refractivity contribution in [2.45, 2.75) is 79.3 Å². The Morgan fingerprint density at radius 2 is 0.938 bits per heavy atom. The molecule has 0 nitrogen and oxygen atoms in total. The quantitative estimate of drug-likeness (QED) is 0.160. The first kappa shape index (κ1) is 28.8. The van der Waals surface area contributed by atoms with Crippen LogP contribution in [0.5, 0.6) is 0 Å². The molecule has 4 rings (SSSR count). The molecule has 0 heterocycles. The van der Waals surface area contributed by atoms with E-state index in [9.17, 15) is 0 Å². The first-order valence-electron chi connectivity index (χ1n) is 11.3. The third-order valence-corrected chi connectivity index (χ3v) is 5.41. The average molecular weight is 520 g/mol. The normalized spacial score (nSPS) is 11.3. The summed E-state index contributed by atoms with van der Waals surface area (Å²) in [5.74, 6) is 0. The zero-order chi connectivity index (χ0) is 23.4. The molecule has 168 valence electrons. The van der Waals surface area contributed by atoms with E-state index in [4.69, 9.17) is 0 Å². The molecule has 0 aliphatic heterocycles. The second kappa shape index (κ2) is 11.8. The van der Waals surface area contributed by atoms with Crippen molar-refractivity contribution < 1.29 is 26.2 Å². The molecule has 0 aliphatic rings. The molecule has 0 saturated carbocycles. The van der Waals surface area contributed by atoms with E-state index in [0.29, 0.717) is 0 Å². The van der Waals surface area contributed by atoms with Gasteiger partial charge in [0.2, 0.25) is 0 Å². The average Bonchev–Trinajstić information content (AvgIpc) is 3.20. The van der Waals surface area contributed by atoms with Gasteiger partial charge in [0.1, 0.15) is 0 Å². The summed E-state index contributed by atoms with van der Waals surface area (Å²) in [6, 6.07) is 22.3. The number of aryl methyl sites for hydroxylation is 2. The maximum absolute atomic E-state index is 2.29. The van der Waals surface area contributed by atoms with Crippen molar-refractivity contribution in [2.75, 3.05) is 0 Å². The van der Waals surface area contributed by atoms with Crippen molar-refractivity contribution in [2.24, 2.45) is 0 Å². The Bertz CT molecular complexity index is 1020. The van der Waals surface area contributed by atoms with Crippen molar-refractivity contribution in [3.63, 3.8) is 0 Å². The molecule has 0 saturated heterocycles. The van der Waals surface area contributed by atoms with Gasteiger partial charge in [0, 0.05) is 9.52 Å². The monoisotopic (exact) mass is 518 g/mol. The molecule has 4 aromatic rings. The zero-order valence-electron chi connectivity index (χ0n) is 21.8. The Morgan fingerprint density at radius 3 is 1.22 bits per heavy atom. The van der Waals surface area contributed by atoms with Gasteiger partial charge >= 0.3 is 26.2 Å². The van der Waals surface area contributed by atoms with Gasteiger partial charge in [-0.3, -0.25) is 0 Å². The summed E-state index contributed by atoms with van der Waals surface area (Å²) in [5.41, 5.74) is 6.08. The Kier molecular flexibility index (Phi) is 10.6. The third-order valence-electron chi connectivity index (χ3n) is 5.41. The van der Waals surface area contributed by atoms with Crippen LogP contribution >= 0.6 is 0 Å². The van der Waals surface area contributed by atoms with Crippen molar-refractivity contribution in [1.29, 1.82) is 0 Å². The molecule has 2 heteroatoms. The van der Waals surface area contributed by atoms with Gasteiger partial charge in [0.05, 0.1) is 0 Å². The SMILES string of the molecule is C[Si]C.Cc1cc2c(C(C)(C)C)cccc2[cH-]1.Cc1cc2c(C(C)(C)C)cccc2[cH-]1.[Zr+2]. The van der Waals surface area contributed by atoms with Crippen LogP contribution in [0.1, 0.15) is 63.8 Å². The van der Waals surface area contributed by atoms with Crippen LogP contribution in [-0.4, -0.2) is 9.52 Å². The molecule has 0 aromatic heterocycles.